The zero-order valence-electron chi connectivity index (χ0n) is 14.0. The van der Waals surface area contributed by atoms with Crippen molar-refractivity contribution in [2.24, 2.45) is 0 Å². The predicted octanol–water partition coefficient (Wildman–Crippen LogP) is 2.28. The Hall–Kier alpha value is -2.17. The van der Waals surface area contributed by atoms with Gasteiger partial charge < -0.3 is 4.90 Å². The third kappa shape index (κ3) is 2.35. The average Bonchev–Trinajstić information content (AvgIpc) is 3.21. The normalized spacial score (nSPS) is 18.7. The molecular formula is C18H22N4O. The highest BCUT2D eigenvalue weighted by Gasteiger charge is 2.53. The van der Waals surface area contributed by atoms with Gasteiger partial charge in [-0.05, 0) is 39.2 Å². The molecule has 1 aliphatic heterocycles. The van der Waals surface area contributed by atoms with Gasteiger partial charge in [0.1, 0.15) is 11.6 Å². The minimum Gasteiger partial charge on any atom is -0.333 e. The number of amides is 1. The molecule has 1 aromatic heterocycles. The first-order chi connectivity index (χ1) is 11.0. The first-order valence-corrected chi connectivity index (χ1v) is 8.26. The summed E-state index contributed by atoms with van der Waals surface area (Å²) in [5.41, 5.74) is 3.35. The average molecular weight is 310 g/mol. The van der Waals surface area contributed by atoms with Crippen LogP contribution in [0.2, 0.25) is 0 Å². The van der Waals surface area contributed by atoms with Crippen molar-refractivity contribution in [3.8, 4) is 0 Å². The van der Waals surface area contributed by atoms with Gasteiger partial charge in [0.05, 0.1) is 18.5 Å². The van der Waals surface area contributed by atoms with Crippen LogP contribution in [0.5, 0.6) is 0 Å². The van der Waals surface area contributed by atoms with Crippen molar-refractivity contribution in [2.45, 2.75) is 52.1 Å². The lowest BCUT2D eigenvalue weighted by molar-refractivity contribution is -0.135. The SMILES string of the molecule is Cc1cc(C)cc(C2(C(=O)N3CCn4nc(C)nc4C3)CC2)c1. The molecule has 1 aliphatic carbocycles. The molecular weight excluding hydrogens is 288 g/mol. The fourth-order valence-electron chi connectivity index (χ4n) is 3.74. The van der Waals surface area contributed by atoms with E-state index < -0.39 is 0 Å². The number of aryl methyl sites for hydroxylation is 3. The quantitative estimate of drug-likeness (QED) is 0.855. The summed E-state index contributed by atoms with van der Waals surface area (Å²) < 4.78 is 1.93. The van der Waals surface area contributed by atoms with Crippen molar-refractivity contribution < 1.29 is 4.79 Å². The van der Waals surface area contributed by atoms with E-state index in [0.29, 0.717) is 6.54 Å². The van der Waals surface area contributed by atoms with Crippen LogP contribution >= 0.6 is 0 Å². The summed E-state index contributed by atoms with van der Waals surface area (Å²) in [6.07, 6.45) is 1.91. The Balaban J connectivity index is 1.62. The van der Waals surface area contributed by atoms with Crippen LogP contribution in [0.1, 0.15) is 41.2 Å². The molecule has 2 heterocycles. The molecule has 0 unspecified atom stereocenters. The molecule has 2 aromatic rings. The molecule has 5 heteroatoms. The van der Waals surface area contributed by atoms with E-state index in [-0.39, 0.29) is 11.3 Å². The van der Waals surface area contributed by atoms with Gasteiger partial charge in [0.2, 0.25) is 5.91 Å². The van der Waals surface area contributed by atoms with Gasteiger partial charge in [-0.3, -0.25) is 4.79 Å². The highest BCUT2D eigenvalue weighted by Crippen LogP contribution is 2.50. The van der Waals surface area contributed by atoms with E-state index >= 15 is 0 Å². The molecule has 23 heavy (non-hydrogen) atoms. The number of fused-ring (bicyclic) bond motifs is 1. The van der Waals surface area contributed by atoms with Crippen molar-refractivity contribution in [3.05, 3.63) is 46.5 Å². The minimum absolute atomic E-state index is 0.259. The Kier molecular flexibility index (Phi) is 3.08. The van der Waals surface area contributed by atoms with Gasteiger partial charge in [-0.2, -0.15) is 5.10 Å². The first-order valence-electron chi connectivity index (χ1n) is 8.26. The van der Waals surface area contributed by atoms with E-state index in [1.165, 1.54) is 16.7 Å². The lowest BCUT2D eigenvalue weighted by Gasteiger charge is -2.30. The summed E-state index contributed by atoms with van der Waals surface area (Å²) in [7, 11) is 0. The van der Waals surface area contributed by atoms with E-state index in [2.05, 4.69) is 42.1 Å². The summed E-state index contributed by atoms with van der Waals surface area (Å²) in [6.45, 7) is 8.14. The maximum atomic E-state index is 13.2. The van der Waals surface area contributed by atoms with Crippen LogP contribution in [0.15, 0.2) is 18.2 Å². The van der Waals surface area contributed by atoms with Crippen LogP contribution in [-0.2, 0) is 23.3 Å². The molecule has 0 saturated heterocycles. The summed E-state index contributed by atoms with van der Waals surface area (Å²) in [5, 5.41) is 4.37. The van der Waals surface area contributed by atoms with Crippen LogP contribution in [0.25, 0.3) is 0 Å². The molecule has 1 aromatic carbocycles. The number of rotatable bonds is 2. The maximum Gasteiger partial charge on any atom is 0.233 e. The van der Waals surface area contributed by atoms with Gasteiger partial charge in [-0.1, -0.05) is 29.3 Å². The molecule has 1 fully saturated rings. The zero-order chi connectivity index (χ0) is 16.2. The Labute approximate surface area is 136 Å². The fraction of sp³-hybridized carbons (Fsp3) is 0.500. The predicted molar refractivity (Wildman–Crippen MR) is 87.0 cm³/mol. The van der Waals surface area contributed by atoms with Gasteiger partial charge >= 0.3 is 0 Å². The third-order valence-electron chi connectivity index (χ3n) is 4.99. The first kappa shape index (κ1) is 14.4. The number of carbonyl (C=O) groups is 1. The van der Waals surface area contributed by atoms with Crippen LogP contribution < -0.4 is 0 Å². The molecule has 0 radical (unpaired) electrons. The highest BCUT2D eigenvalue weighted by atomic mass is 16.2. The fourth-order valence-corrected chi connectivity index (χ4v) is 3.74. The molecule has 1 saturated carbocycles. The molecule has 0 N–H and O–H groups in total. The second-order valence-corrected chi connectivity index (χ2v) is 6.98. The minimum atomic E-state index is -0.298. The topological polar surface area (TPSA) is 51.0 Å². The van der Waals surface area contributed by atoms with Gasteiger partial charge in [0.15, 0.2) is 0 Å². The second-order valence-electron chi connectivity index (χ2n) is 6.98. The van der Waals surface area contributed by atoms with Gasteiger partial charge in [0.25, 0.3) is 0 Å². The van der Waals surface area contributed by atoms with Crippen molar-refractivity contribution in [2.75, 3.05) is 6.54 Å². The smallest absolute Gasteiger partial charge is 0.233 e. The van der Waals surface area contributed by atoms with Crippen molar-refractivity contribution >= 4 is 5.91 Å². The van der Waals surface area contributed by atoms with Crippen molar-refractivity contribution in [1.82, 2.24) is 19.7 Å². The molecule has 120 valence electrons. The van der Waals surface area contributed by atoms with Gasteiger partial charge in [-0.25, -0.2) is 9.67 Å². The molecule has 5 nitrogen and oxygen atoms in total. The molecule has 4 rings (SSSR count). The van der Waals surface area contributed by atoms with E-state index in [1.807, 2.05) is 16.5 Å². The summed E-state index contributed by atoms with van der Waals surface area (Å²) in [4.78, 5) is 19.6. The van der Waals surface area contributed by atoms with Crippen LogP contribution in [0.4, 0.5) is 0 Å². The summed E-state index contributed by atoms with van der Waals surface area (Å²) >= 11 is 0. The lowest BCUT2D eigenvalue weighted by Crippen LogP contribution is -2.44. The monoisotopic (exact) mass is 310 g/mol. The molecule has 2 aliphatic rings. The van der Waals surface area contributed by atoms with Crippen LogP contribution in [0.3, 0.4) is 0 Å². The Morgan fingerprint density at radius 1 is 1.09 bits per heavy atom. The number of carbonyl (C=O) groups excluding carboxylic acids is 1. The molecule has 0 atom stereocenters. The standard InChI is InChI=1S/C18H22N4O/c1-12-8-13(2)10-15(9-12)18(4-5-18)17(23)21-6-7-22-16(11-21)19-14(3)20-22/h8-10H,4-7,11H2,1-3H3. The van der Waals surface area contributed by atoms with Crippen molar-refractivity contribution in [1.29, 1.82) is 0 Å². The van der Waals surface area contributed by atoms with E-state index in [1.54, 1.807) is 0 Å². The molecule has 0 spiro atoms. The van der Waals surface area contributed by atoms with E-state index in [0.717, 1.165) is 37.6 Å². The lowest BCUT2D eigenvalue weighted by atomic mass is 9.91. The Morgan fingerprint density at radius 3 is 2.43 bits per heavy atom. The maximum absolute atomic E-state index is 13.2. The number of benzene rings is 1. The number of hydrogen-bond acceptors (Lipinski definition) is 3. The third-order valence-corrected chi connectivity index (χ3v) is 4.99. The van der Waals surface area contributed by atoms with Crippen molar-refractivity contribution in [3.63, 3.8) is 0 Å². The molecule has 0 bridgehead atoms. The Bertz CT molecular complexity index is 768. The number of hydrogen-bond donors (Lipinski definition) is 0. The number of nitrogens with zero attached hydrogens (tertiary/aromatic N) is 4. The van der Waals surface area contributed by atoms with Gasteiger partial charge in [0, 0.05) is 6.54 Å². The largest absolute Gasteiger partial charge is 0.333 e. The highest BCUT2D eigenvalue weighted by molar-refractivity contribution is 5.91. The summed E-state index contributed by atoms with van der Waals surface area (Å²) in [5.74, 6) is 1.94. The molecule has 1 amide bonds. The van der Waals surface area contributed by atoms with Crippen LogP contribution in [-0.4, -0.2) is 32.1 Å². The van der Waals surface area contributed by atoms with Crippen LogP contribution in [0, 0.1) is 20.8 Å². The Morgan fingerprint density at radius 2 is 1.78 bits per heavy atom. The van der Waals surface area contributed by atoms with Gasteiger partial charge in [-0.15, -0.1) is 0 Å². The summed E-state index contributed by atoms with van der Waals surface area (Å²) in [6, 6.07) is 6.51. The second kappa shape index (κ2) is 4.91. The van der Waals surface area contributed by atoms with E-state index in [9.17, 15) is 4.79 Å². The van der Waals surface area contributed by atoms with E-state index in [4.69, 9.17) is 0 Å². The zero-order valence-corrected chi connectivity index (χ0v) is 14.0. The number of aromatic nitrogens is 3.